The number of aromatic nitrogens is 2. The van der Waals surface area contributed by atoms with Crippen LogP contribution in [0.2, 0.25) is 0 Å². The minimum atomic E-state index is -0.0261. The Morgan fingerprint density at radius 3 is 2.76 bits per heavy atom. The highest BCUT2D eigenvalue weighted by atomic mass is 16.5. The van der Waals surface area contributed by atoms with Gasteiger partial charge in [0.05, 0.1) is 18.5 Å². The number of hydrogen-bond donors (Lipinski definition) is 0. The lowest BCUT2D eigenvalue weighted by atomic mass is 10.1. The largest absolute Gasteiger partial charge is 0.493 e. The number of amides is 1. The lowest BCUT2D eigenvalue weighted by Crippen LogP contribution is -2.48. The molecule has 1 aromatic carbocycles. The highest BCUT2D eigenvalue weighted by Crippen LogP contribution is 2.26. The normalized spacial score (nSPS) is 17.2. The predicted octanol–water partition coefficient (Wildman–Crippen LogP) is 1.68. The number of piperazine rings is 1. The summed E-state index contributed by atoms with van der Waals surface area (Å²) in [6.45, 7) is 6.77. The Labute approximate surface area is 147 Å². The fourth-order valence-electron chi connectivity index (χ4n) is 3.37. The first-order valence-electron chi connectivity index (χ1n) is 8.74. The van der Waals surface area contributed by atoms with Crippen LogP contribution >= 0.6 is 0 Å². The molecule has 1 saturated heterocycles. The zero-order chi connectivity index (χ0) is 17.2. The van der Waals surface area contributed by atoms with Crippen LogP contribution in [0.15, 0.2) is 30.6 Å². The van der Waals surface area contributed by atoms with Crippen molar-refractivity contribution >= 4 is 5.91 Å². The van der Waals surface area contributed by atoms with Crippen molar-refractivity contribution in [3.05, 3.63) is 53.1 Å². The summed E-state index contributed by atoms with van der Waals surface area (Å²) in [5.41, 5.74) is 3.87. The van der Waals surface area contributed by atoms with Crippen LogP contribution in [0.3, 0.4) is 0 Å². The van der Waals surface area contributed by atoms with E-state index in [1.165, 1.54) is 11.1 Å². The number of carbonyl (C=O) groups is 1. The molecule has 2 aromatic rings. The summed E-state index contributed by atoms with van der Waals surface area (Å²) in [6, 6.07) is 6.47. The molecule has 1 fully saturated rings. The molecule has 130 valence electrons. The molecule has 25 heavy (non-hydrogen) atoms. The first-order valence-corrected chi connectivity index (χ1v) is 8.74. The molecule has 4 rings (SSSR count). The van der Waals surface area contributed by atoms with Crippen molar-refractivity contribution < 1.29 is 9.53 Å². The molecule has 3 heterocycles. The maximum absolute atomic E-state index is 12.5. The van der Waals surface area contributed by atoms with Gasteiger partial charge in [-0.2, -0.15) is 0 Å². The summed E-state index contributed by atoms with van der Waals surface area (Å²) < 4.78 is 5.56. The SMILES string of the molecule is Cc1cnc(C(=O)N2CCN(Cc3ccc4c(c3)CCO4)CC2)cn1. The highest BCUT2D eigenvalue weighted by Gasteiger charge is 2.23. The molecule has 6 heteroatoms. The second kappa shape index (κ2) is 6.80. The maximum Gasteiger partial charge on any atom is 0.274 e. The Bertz CT molecular complexity index is 767. The molecule has 1 aromatic heterocycles. The minimum absolute atomic E-state index is 0.0261. The Balaban J connectivity index is 1.33. The Morgan fingerprint density at radius 2 is 2.00 bits per heavy atom. The molecule has 6 nitrogen and oxygen atoms in total. The van der Waals surface area contributed by atoms with E-state index in [-0.39, 0.29) is 5.91 Å². The molecule has 0 saturated carbocycles. The summed E-state index contributed by atoms with van der Waals surface area (Å²) in [7, 11) is 0. The average Bonchev–Trinajstić information content (AvgIpc) is 3.10. The van der Waals surface area contributed by atoms with Gasteiger partial charge < -0.3 is 9.64 Å². The van der Waals surface area contributed by atoms with Crippen LogP contribution in [-0.2, 0) is 13.0 Å². The molecule has 0 unspecified atom stereocenters. The van der Waals surface area contributed by atoms with Crippen LogP contribution in [0.4, 0.5) is 0 Å². The first kappa shape index (κ1) is 16.0. The van der Waals surface area contributed by atoms with Crippen LogP contribution in [0.25, 0.3) is 0 Å². The third-order valence-corrected chi connectivity index (χ3v) is 4.82. The number of carbonyl (C=O) groups excluding carboxylic acids is 1. The van der Waals surface area contributed by atoms with Crippen molar-refractivity contribution in [1.29, 1.82) is 0 Å². The van der Waals surface area contributed by atoms with Gasteiger partial charge in [-0.1, -0.05) is 12.1 Å². The molecule has 2 aliphatic rings. The monoisotopic (exact) mass is 338 g/mol. The zero-order valence-corrected chi connectivity index (χ0v) is 14.4. The number of aryl methyl sites for hydroxylation is 1. The highest BCUT2D eigenvalue weighted by molar-refractivity contribution is 5.92. The average molecular weight is 338 g/mol. The van der Waals surface area contributed by atoms with E-state index in [0.717, 1.165) is 57.2 Å². The summed E-state index contributed by atoms with van der Waals surface area (Å²) >= 11 is 0. The maximum atomic E-state index is 12.5. The molecule has 2 aliphatic heterocycles. The predicted molar refractivity (Wildman–Crippen MR) is 93.6 cm³/mol. The van der Waals surface area contributed by atoms with Crippen LogP contribution in [0, 0.1) is 6.92 Å². The molecule has 0 aliphatic carbocycles. The molecule has 1 amide bonds. The van der Waals surface area contributed by atoms with E-state index in [1.54, 1.807) is 12.4 Å². The van der Waals surface area contributed by atoms with Gasteiger partial charge in [0.25, 0.3) is 5.91 Å². The van der Waals surface area contributed by atoms with Crippen molar-refractivity contribution in [2.75, 3.05) is 32.8 Å². The first-order chi connectivity index (χ1) is 12.2. The zero-order valence-electron chi connectivity index (χ0n) is 14.4. The number of nitrogens with zero attached hydrogens (tertiary/aromatic N) is 4. The summed E-state index contributed by atoms with van der Waals surface area (Å²) in [5, 5.41) is 0. The smallest absolute Gasteiger partial charge is 0.274 e. The van der Waals surface area contributed by atoms with E-state index < -0.39 is 0 Å². The number of ether oxygens (including phenoxy) is 1. The molecular weight excluding hydrogens is 316 g/mol. The quantitative estimate of drug-likeness (QED) is 0.852. The number of benzene rings is 1. The second-order valence-corrected chi connectivity index (χ2v) is 6.65. The second-order valence-electron chi connectivity index (χ2n) is 6.65. The lowest BCUT2D eigenvalue weighted by molar-refractivity contribution is 0.0622. The van der Waals surface area contributed by atoms with Gasteiger partial charge in [-0.05, 0) is 24.1 Å². The molecular formula is C19H22N4O2. The fraction of sp³-hybridized carbons (Fsp3) is 0.421. The third-order valence-electron chi connectivity index (χ3n) is 4.82. The van der Waals surface area contributed by atoms with E-state index >= 15 is 0 Å². The molecule has 0 atom stereocenters. The summed E-state index contributed by atoms with van der Waals surface area (Å²) in [6.07, 6.45) is 4.21. The van der Waals surface area contributed by atoms with Crippen molar-refractivity contribution in [2.45, 2.75) is 19.9 Å². The van der Waals surface area contributed by atoms with Gasteiger partial charge in [-0.3, -0.25) is 14.7 Å². The van der Waals surface area contributed by atoms with E-state index in [4.69, 9.17) is 4.74 Å². The van der Waals surface area contributed by atoms with Crippen LogP contribution in [-0.4, -0.2) is 58.5 Å². The van der Waals surface area contributed by atoms with E-state index in [9.17, 15) is 4.79 Å². The third kappa shape index (κ3) is 3.49. The molecule has 0 radical (unpaired) electrons. The molecule has 0 N–H and O–H groups in total. The van der Waals surface area contributed by atoms with Gasteiger partial charge in [0.1, 0.15) is 11.4 Å². The van der Waals surface area contributed by atoms with E-state index in [0.29, 0.717) is 5.69 Å². The van der Waals surface area contributed by atoms with Gasteiger partial charge in [-0.25, -0.2) is 4.98 Å². The van der Waals surface area contributed by atoms with Gasteiger partial charge in [0.15, 0.2) is 0 Å². The van der Waals surface area contributed by atoms with Gasteiger partial charge in [0.2, 0.25) is 0 Å². The Kier molecular flexibility index (Phi) is 4.36. The Hall–Kier alpha value is -2.47. The molecule has 0 spiro atoms. The van der Waals surface area contributed by atoms with Crippen molar-refractivity contribution in [1.82, 2.24) is 19.8 Å². The standard InChI is InChI=1S/C19H22N4O2/c1-14-11-21-17(12-20-14)19(24)23-7-5-22(6-8-23)13-15-2-3-18-16(10-15)4-9-25-18/h2-3,10-12H,4-9,13H2,1H3. The van der Waals surface area contributed by atoms with Crippen molar-refractivity contribution in [3.63, 3.8) is 0 Å². The van der Waals surface area contributed by atoms with Crippen LogP contribution in [0.1, 0.15) is 27.3 Å². The lowest BCUT2D eigenvalue weighted by Gasteiger charge is -2.34. The number of hydrogen-bond acceptors (Lipinski definition) is 5. The fourth-order valence-corrected chi connectivity index (χ4v) is 3.37. The summed E-state index contributed by atoms with van der Waals surface area (Å²) in [5.74, 6) is 1.00. The number of fused-ring (bicyclic) bond motifs is 1. The van der Waals surface area contributed by atoms with Crippen LogP contribution in [0.5, 0.6) is 5.75 Å². The number of rotatable bonds is 3. The van der Waals surface area contributed by atoms with Crippen molar-refractivity contribution in [3.8, 4) is 5.75 Å². The molecule has 0 bridgehead atoms. The van der Waals surface area contributed by atoms with Crippen LogP contribution < -0.4 is 4.74 Å². The minimum Gasteiger partial charge on any atom is -0.493 e. The van der Waals surface area contributed by atoms with Crippen molar-refractivity contribution in [2.24, 2.45) is 0 Å². The topological polar surface area (TPSA) is 58.6 Å². The van der Waals surface area contributed by atoms with Gasteiger partial charge in [-0.15, -0.1) is 0 Å². The van der Waals surface area contributed by atoms with E-state index in [1.807, 2.05) is 11.8 Å². The van der Waals surface area contributed by atoms with Gasteiger partial charge in [0, 0.05) is 45.3 Å². The van der Waals surface area contributed by atoms with E-state index in [2.05, 4.69) is 33.1 Å². The Morgan fingerprint density at radius 1 is 1.16 bits per heavy atom. The summed E-state index contributed by atoms with van der Waals surface area (Å²) in [4.78, 5) is 25.1. The van der Waals surface area contributed by atoms with Gasteiger partial charge >= 0.3 is 0 Å².